The molecular formula is C27H29NO7. The Labute approximate surface area is 205 Å². The highest BCUT2D eigenvalue weighted by molar-refractivity contribution is 5.98. The average Bonchev–Trinajstić information content (AvgIpc) is 2.84. The molecule has 0 bridgehead atoms. The van der Waals surface area contributed by atoms with Crippen molar-refractivity contribution in [1.29, 1.82) is 5.26 Å². The van der Waals surface area contributed by atoms with E-state index in [1.807, 2.05) is 19.9 Å². The summed E-state index contributed by atoms with van der Waals surface area (Å²) in [5.41, 5.74) is 1.11. The Morgan fingerprint density at radius 1 is 0.800 bits per heavy atom. The largest absolute Gasteiger partial charge is 0.490 e. The van der Waals surface area contributed by atoms with Crippen LogP contribution in [0.15, 0.2) is 48.0 Å². The number of carbonyl (C=O) groups excluding carboxylic acids is 2. The van der Waals surface area contributed by atoms with Gasteiger partial charge in [0.1, 0.15) is 11.6 Å². The first-order valence-corrected chi connectivity index (χ1v) is 11.3. The summed E-state index contributed by atoms with van der Waals surface area (Å²) in [4.78, 5) is 24.3. The normalized spacial score (nSPS) is 11.0. The van der Waals surface area contributed by atoms with Gasteiger partial charge in [0.15, 0.2) is 23.0 Å². The molecule has 0 N–H and O–H groups in total. The van der Waals surface area contributed by atoms with Crippen molar-refractivity contribution in [1.82, 2.24) is 0 Å². The second-order valence-electron chi connectivity index (χ2n) is 6.86. The van der Waals surface area contributed by atoms with Crippen molar-refractivity contribution in [3.05, 3.63) is 59.2 Å². The van der Waals surface area contributed by atoms with Gasteiger partial charge in [0.2, 0.25) is 0 Å². The molecule has 8 nitrogen and oxygen atoms in total. The van der Waals surface area contributed by atoms with Gasteiger partial charge in [0.25, 0.3) is 0 Å². The molecule has 184 valence electrons. The molecule has 0 fully saturated rings. The molecule has 8 heteroatoms. The molecule has 0 unspecified atom stereocenters. The Morgan fingerprint density at radius 3 is 2.00 bits per heavy atom. The molecule has 0 atom stereocenters. The van der Waals surface area contributed by atoms with Gasteiger partial charge >= 0.3 is 11.9 Å². The van der Waals surface area contributed by atoms with Crippen molar-refractivity contribution in [3.63, 3.8) is 0 Å². The second-order valence-corrected chi connectivity index (χ2v) is 6.86. The third kappa shape index (κ3) is 8.23. The van der Waals surface area contributed by atoms with Crippen molar-refractivity contribution >= 4 is 24.1 Å². The minimum absolute atomic E-state index is 0.149. The van der Waals surface area contributed by atoms with E-state index in [4.69, 9.17) is 23.7 Å². The minimum atomic E-state index is -0.713. The Hall–Kier alpha value is -4.25. The molecular weight excluding hydrogens is 450 g/mol. The Kier molecular flexibility index (Phi) is 10.9. The predicted molar refractivity (Wildman–Crippen MR) is 131 cm³/mol. The zero-order valence-corrected chi connectivity index (χ0v) is 20.3. The topological polar surface area (TPSA) is 104 Å². The first-order valence-electron chi connectivity index (χ1n) is 11.3. The standard InChI is InChI=1S/C27H29NO7/c1-5-31-22-12-9-19(16-24(22)32-6-2)11-14-26(29)35-23-13-10-20(17-25(23)33-7-3)15-21(18-28)27(30)34-8-4/h9-17H,5-8H2,1-4H3/b14-11+,21-15+. The van der Waals surface area contributed by atoms with Gasteiger partial charge in [0.05, 0.1) is 26.4 Å². The number of nitriles is 1. The van der Waals surface area contributed by atoms with E-state index in [0.717, 1.165) is 5.56 Å². The number of esters is 2. The number of hydrogen-bond acceptors (Lipinski definition) is 8. The minimum Gasteiger partial charge on any atom is -0.490 e. The van der Waals surface area contributed by atoms with Crippen LogP contribution in [0.1, 0.15) is 38.8 Å². The lowest BCUT2D eigenvalue weighted by molar-refractivity contribution is -0.138. The van der Waals surface area contributed by atoms with Gasteiger partial charge in [-0.3, -0.25) is 0 Å². The van der Waals surface area contributed by atoms with E-state index in [-0.39, 0.29) is 17.9 Å². The van der Waals surface area contributed by atoms with Crippen LogP contribution in [-0.4, -0.2) is 38.4 Å². The molecule has 2 aromatic carbocycles. The SMILES string of the molecule is CCOC(=O)/C(C#N)=C/c1ccc(OC(=O)/C=C/c2ccc(OCC)c(OCC)c2)c(OCC)c1. The van der Waals surface area contributed by atoms with Gasteiger partial charge in [-0.15, -0.1) is 0 Å². The summed E-state index contributed by atoms with van der Waals surface area (Å²) < 4.78 is 27.1. The van der Waals surface area contributed by atoms with E-state index in [2.05, 4.69) is 0 Å². The van der Waals surface area contributed by atoms with Crippen LogP contribution >= 0.6 is 0 Å². The summed E-state index contributed by atoms with van der Waals surface area (Å²) in [7, 11) is 0. The van der Waals surface area contributed by atoms with E-state index in [0.29, 0.717) is 42.6 Å². The van der Waals surface area contributed by atoms with Crippen molar-refractivity contribution in [2.24, 2.45) is 0 Å². The number of benzene rings is 2. The summed E-state index contributed by atoms with van der Waals surface area (Å²) >= 11 is 0. The highest BCUT2D eigenvalue weighted by atomic mass is 16.6. The van der Waals surface area contributed by atoms with Crippen LogP contribution in [0.3, 0.4) is 0 Å². The van der Waals surface area contributed by atoms with E-state index in [1.54, 1.807) is 50.3 Å². The number of carbonyl (C=O) groups is 2. The summed E-state index contributed by atoms with van der Waals surface area (Å²) in [6, 6.07) is 11.9. The molecule has 0 radical (unpaired) electrons. The monoisotopic (exact) mass is 479 g/mol. The highest BCUT2D eigenvalue weighted by Crippen LogP contribution is 2.31. The van der Waals surface area contributed by atoms with Crippen molar-refractivity contribution in [2.75, 3.05) is 26.4 Å². The maximum absolute atomic E-state index is 12.5. The third-order valence-electron chi connectivity index (χ3n) is 4.38. The van der Waals surface area contributed by atoms with Crippen LogP contribution in [0.4, 0.5) is 0 Å². The molecule has 2 rings (SSSR count). The third-order valence-corrected chi connectivity index (χ3v) is 4.38. The maximum Gasteiger partial charge on any atom is 0.348 e. The van der Waals surface area contributed by atoms with Gasteiger partial charge in [-0.25, -0.2) is 9.59 Å². The molecule has 0 aliphatic carbocycles. The molecule has 0 spiro atoms. The van der Waals surface area contributed by atoms with Crippen LogP contribution in [0.25, 0.3) is 12.2 Å². The molecule has 2 aromatic rings. The summed E-state index contributed by atoms with van der Waals surface area (Å²) in [5, 5.41) is 9.23. The fourth-order valence-electron chi connectivity index (χ4n) is 2.96. The van der Waals surface area contributed by atoms with Crippen LogP contribution in [0.2, 0.25) is 0 Å². The van der Waals surface area contributed by atoms with Crippen LogP contribution < -0.4 is 18.9 Å². The Balaban J connectivity index is 2.21. The summed E-state index contributed by atoms with van der Waals surface area (Å²) in [5.74, 6) is 0.401. The van der Waals surface area contributed by atoms with Crippen molar-refractivity contribution in [2.45, 2.75) is 27.7 Å². The quantitative estimate of drug-likeness (QED) is 0.182. The van der Waals surface area contributed by atoms with Crippen molar-refractivity contribution < 1.29 is 33.3 Å². The molecule has 0 saturated heterocycles. The lowest BCUT2D eigenvalue weighted by atomic mass is 10.1. The number of nitrogens with zero attached hydrogens (tertiary/aromatic N) is 1. The summed E-state index contributed by atoms with van der Waals surface area (Å²) in [6.45, 7) is 8.69. The van der Waals surface area contributed by atoms with Gasteiger partial charge in [-0.1, -0.05) is 12.1 Å². The summed E-state index contributed by atoms with van der Waals surface area (Å²) in [6.07, 6.45) is 4.29. The number of rotatable bonds is 12. The first-order chi connectivity index (χ1) is 16.9. The lowest BCUT2D eigenvalue weighted by Crippen LogP contribution is -2.07. The van der Waals surface area contributed by atoms with Crippen molar-refractivity contribution in [3.8, 4) is 29.1 Å². The zero-order valence-electron chi connectivity index (χ0n) is 20.3. The number of hydrogen-bond donors (Lipinski definition) is 0. The Morgan fingerprint density at radius 2 is 1.37 bits per heavy atom. The molecule has 0 heterocycles. The lowest BCUT2D eigenvalue weighted by Gasteiger charge is -2.11. The van der Waals surface area contributed by atoms with Crippen LogP contribution in [0.5, 0.6) is 23.0 Å². The van der Waals surface area contributed by atoms with E-state index < -0.39 is 11.9 Å². The molecule has 0 saturated carbocycles. The fraction of sp³-hybridized carbons (Fsp3) is 0.296. The molecule has 0 aliphatic heterocycles. The van der Waals surface area contributed by atoms with E-state index in [9.17, 15) is 14.9 Å². The molecule has 0 aromatic heterocycles. The molecule has 35 heavy (non-hydrogen) atoms. The number of ether oxygens (including phenoxy) is 5. The second kappa shape index (κ2) is 14.1. The highest BCUT2D eigenvalue weighted by Gasteiger charge is 2.13. The first kappa shape index (κ1) is 27.0. The smallest absolute Gasteiger partial charge is 0.348 e. The molecule has 0 aliphatic rings. The Bertz CT molecular complexity index is 1130. The molecule has 0 amide bonds. The van der Waals surface area contributed by atoms with E-state index in [1.165, 1.54) is 18.2 Å². The average molecular weight is 480 g/mol. The van der Waals surface area contributed by atoms with Gasteiger partial charge in [-0.2, -0.15) is 5.26 Å². The van der Waals surface area contributed by atoms with Gasteiger partial charge < -0.3 is 23.7 Å². The van der Waals surface area contributed by atoms with Crippen LogP contribution in [-0.2, 0) is 14.3 Å². The van der Waals surface area contributed by atoms with Crippen LogP contribution in [0, 0.1) is 11.3 Å². The predicted octanol–water partition coefficient (Wildman–Crippen LogP) is 4.97. The maximum atomic E-state index is 12.5. The van der Waals surface area contributed by atoms with Gasteiger partial charge in [-0.05, 0) is 75.2 Å². The van der Waals surface area contributed by atoms with Gasteiger partial charge in [0, 0.05) is 6.08 Å². The van der Waals surface area contributed by atoms with E-state index >= 15 is 0 Å². The fourth-order valence-corrected chi connectivity index (χ4v) is 2.96. The zero-order chi connectivity index (χ0) is 25.6.